The lowest BCUT2D eigenvalue weighted by Crippen LogP contribution is -2.53. The Balaban J connectivity index is 1.51. The van der Waals surface area contributed by atoms with Crippen LogP contribution in [0.4, 0.5) is 5.69 Å². The van der Waals surface area contributed by atoms with E-state index in [2.05, 4.69) is 5.32 Å². The summed E-state index contributed by atoms with van der Waals surface area (Å²) >= 11 is 0. The Kier molecular flexibility index (Phi) is 7.52. The molecule has 9 nitrogen and oxygen atoms in total. The Morgan fingerprint density at radius 3 is 2.35 bits per heavy atom. The van der Waals surface area contributed by atoms with Crippen molar-refractivity contribution in [2.24, 2.45) is 5.92 Å². The molecule has 3 atom stereocenters. The van der Waals surface area contributed by atoms with E-state index in [1.54, 1.807) is 24.3 Å². The zero-order chi connectivity index (χ0) is 26.9. The average Bonchev–Trinajstić information content (AvgIpc) is 3.44. The van der Waals surface area contributed by atoms with E-state index < -0.39 is 24.0 Å². The molecule has 9 heteroatoms. The highest BCUT2D eigenvalue weighted by atomic mass is 16.3. The van der Waals surface area contributed by atoms with E-state index in [-0.39, 0.29) is 41.4 Å². The van der Waals surface area contributed by atoms with Gasteiger partial charge >= 0.3 is 0 Å². The third-order valence-electron chi connectivity index (χ3n) is 7.06. The van der Waals surface area contributed by atoms with Crippen LogP contribution >= 0.6 is 0 Å². The van der Waals surface area contributed by atoms with E-state index in [9.17, 15) is 24.3 Å². The van der Waals surface area contributed by atoms with E-state index in [1.165, 1.54) is 21.9 Å². The van der Waals surface area contributed by atoms with Gasteiger partial charge in [-0.25, -0.2) is 0 Å². The van der Waals surface area contributed by atoms with E-state index >= 15 is 0 Å². The summed E-state index contributed by atoms with van der Waals surface area (Å²) < 4.78 is 0. The molecule has 4 rings (SSSR count). The molecule has 0 aromatic heterocycles. The minimum Gasteiger partial charge on any atom is -0.507 e. The van der Waals surface area contributed by atoms with Crippen LogP contribution in [0.25, 0.3) is 0 Å². The number of Topliss-reactive ketones (excluding diaryl/α,β-unsaturated/α-hetero) is 1. The van der Waals surface area contributed by atoms with Gasteiger partial charge < -0.3 is 25.1 Å². The molecule has 0 saturated carbocycles. The number of phenols is 1. The number of anilines is 1. The quantitative estimate of drug-likeness (QED) is 0.596. The summed E-state index contributed by atoms with van der Waals surface area (Å²) in [5, 5.41) is 13.0. The van der Waals surface area contributed by atoms with Gasteiger partial charge in [0.05, 0.1) is 18.2 Å². The summed E-state index contributed by atoms with van der Waals surface area (Å²) in [5.74, 6) is -1.33. The molecule has 37 heavy (non-hydrogen) atoms. The van der Waals surface area contributed by atoms with Crippen molar-refractivity contribution in [1.29, 1.82) is 0 Å². The Morgan fingerprint density at radius 1 is 1.05 bits per heavy atom. The van der Waals surface area contributed by atoms with Crippen molar-refractivity contribution in [3.63, 3.8) is 0 Å². The highest BCUT2D eigenvalue weighted by Crippen LogP contribution is 2.33. The highest BCUT2D eigenvalue weighted by molar-refractivity contribution is 6.04. The number of amides is 3. The number of rotatable bonds is 7. The molecule has 3 amide bonds. The lowest BCUT2D eigenvalue weighted by molar-refractivity contribution is -0.138. The highest BCUT2D eigenvalue weighted by Gasteiger charge is 2.52. The third kappa shape index (κ3) is 5.30. The van der Waals surface area contributed by atoms with Gasteiger partial charge in [0.2, 0.25) is 5.91 Å². The van der Waals surface area contributed by atoms with Gasteiger partial charge in [0.15, 0.2) is 5.78 Å². The number of nitrogens with zero attached hydrogens (tertiary/aromatic N) is 3. The Morgan fingerprint density at radius 2 is 1.73 bits per heavy atom. The molecule has 0 bridgehead atoms. The van der Waals surface area contributed by atoms with Crippen LogP contribution in [0, 0.1) is 5.92 Å². The summed E-state index contributed by atoms with van der Waals surface area (Å²) in [7, 11) is 3.83. The van der Waals surface area contributed by atoms with Crippen LogP contribution in [0.15, 0.2) is 48.5 Å². The molecule has 196 valence electrons. The Bertz CT molecular complexity index is 1190. The molecule has 0 aliphatic carbocycles. The molecule has 3 unspecified atom stereocenters. The van der Waals surface area contributed by atoms with Crippen molar-refractivity contribution >= 4 is 29.2 Å². The third-order valence-corrected chi connectivity index (χ3v) is 7.06. The van der Waals surface area contributed by atoms with E-state index in [4.69, 9.17) is 0 Å². The lowest BCUT2D eigenvalue weighted by Gasteiger charge is -2.29. The van der Waals surface area contributed by atoms with Crippen LogP contribution in [-0.4, -0.2) is 83.7 Å². The summed E-state index contributed by atoms with van der Waals surface area (Å²) in [6, 6.07) is 11.3. The number of hydrogen-bond donors (Lipinski definition) is 2. The topological polar surface area (TPSA) is 110 Å². The van der Waals surface area contributed by atoms with E-state index in [0.717, 1.165) is 5.69 Å². The number of carbonyl (C=O) groups is 4. The maximum absolute atomic E-state index is 13.7. The summed E-state index contributed by atoms with van der Waals surface area (Å²) in [6.07, 6.45) is 0.874. The fraction of sp³-hybridized carbons (Fsp3) is 0.429. The fourth-order valence-corrected chi connectivity index (χ4v) is 5.19. The van der Waals surface area contributed by atoms with Gasteiger partial charge in [0.25, 0.3) is 11.8 Å². The van der Waals surface area contributed by atoms with Gasteiger partial charge in [-0.2, -0.15) is 0 Å². The molecule has 2 saturated heterocycles. The molecule has 2 aromatic rings. The fourth-order valence-electron chi connectivity index (χ4n) is 5.19. The van der Waals surface area contributed by atoms with Crippen LogP contribution < -0.4 is 10.2 Å². The standard InChI is InChI=1S/C28H34N4O5/c1-17(2)15-21(29-26(35)18-9-11-19(12-10-18)30(3)4)28(37)31-14-13-22-25(31)24(34)16-32(22)27(36)20-7-5-6-8-23(20)33/h5-12,17,21-22,25,33H,13-16H2,1-4H3,(H,29,35). The molecule has 0 radical (unpaired) electrons. The molecular formula is C28H34N4O5. The van der Waals surface area contributed by atoms with Crippen LogP contribution in [0.3, 0.4) is 0 Å². The molecular weight excluding hydrogens is 472 g/mol. The van der Waals surface area contributed by atoms with Gasteiger partial charge in [0, 0.05) is 31.9 Å². The number of likely N-dealkylation sites (tertiary alicyclic amines) is 2. The summed E-state index contributed by atoms with van der Waals surface area (Å²) in [4.78, 5) is 57.8. The van der Waals surface area contributed by atoms with Crippen molar-refractivity contribution < 1.29 is 24.3 Å². The monoisotopic (exact) mass is 506 g/mol. The molecule has 2 heterocycles. The number of phenolic OH excluding ortho intramolecular Hbond substituents is 1. The number of nitrogens with one attached hydrogen (secondary N) is 1. The number of carbonyl (C=O) groups excluding carboxylic acids is 4. The second-order valence-corrected chi connectivity index (χ2v) is 10.3. The van der Waals surface area contributed by atoms with Gasteiger partial charge in [-0.3, -0.25) is 19.2 Å². The summed E-state index contributed by atoms with van der Waals surface area (Å²) in [6.45, 7) is 4.13. The number of hydrogen-bond acceptors (Lipinski definition) is 6. The average molecular weight is 507 g/mol. The van der Waals surface area contributed by atoms with Crippen molar-refractivity contribution in [3.8, 4) is 5.75 Å². The Hall–Kier alpha value is -3.88. The van der Waals surface area contributed by atoms with Crippen LogP contribution in [0.5, 0.6) is 5.75 Å². The largest absolute Gasteiger partial charge is 0.507 e. The van der Waals surface area contributed by atoms with Gasteiger partial charge in [-0.15, -0.1) is 0 Å². The zero-order valence-electron chi connectivity index (χ0n) is 21.7. The predicted molar refractivity (Wildman–Crippen MR) is 140 cm³/mol. The van der Waals surface area contributed by atoms with Crippen molar-refractivity contribution in [2.45, 2.75) is 44.8 Å². The van der Waals surface area contributed by atoms with E-state index in [1.807, 2.05) is 45.0 Å². The normalized spacial score (nSPS) is 19.6. The number of para-hydroxylation sites is 1. The first kappa shape index (κ1) is 26.2. The maximum atomic E-state index is 13.7. The smallest absolute Gasteiger partial charge is 0.258 e. The van der Waals surface area contributed by atoms with Crippen molar-refractivity contribution in [2.75, 3.05) is 32.1 Å². The van der Waals surface area contributed by atoms with Gasteiger partial charge in [-0.05, 0) is 55.2 Å². The van der Waals surface area contributed by atoms with Gasteiger partial charge in [-0.1, -0.05) is 26.0 Å². The van der Waals surface area contributed by atoms with Crippen LogP contribution in [0.1, 0.15) is 47.4 Å². The first-order valence-corrected chi connectivity index (χ1v) is 12.6. The maximum Gasteiger partial charge on any atom is 0.258 e. The van der Waals surface area contributed by atoms with Crippen molar-refractivity contribution in [3.05, 3.63) is 59.7 Å². The minimum atomic E-state index is -0.796. The SMILES string of the molecule is CC(C)CC(NC(=O)c1ccc(N(C)C)cc1)C(=O)N1CCC2C1C(=O)CN2C(=O)c1ccccc1O. The number of aromatic hydroxyl groups is 1. The number of ketones is 1. The number of benzene rings is 2. The number of fused-ring (bicyclic) bond motifs is 1. The lowest BCUT2D eigenvalue weighted by atomic mass is 10.0. The van der Waals surface area contributed by atoms with Gasteiger partial charge in [0.1, 0.15) is 17.8 Å². The Labute approximate surface area is 217 Å². The minimum absolute atomic E-state index is 0.119. The molecule has 2 aliphatic rings. The van der Waals surface area contributed by atoms with E-state index in [0.29, 0.717) is 24.9 Å². The van der Waals surface area contributed by atoms with Crippen LogP contribution in [-0.2, 0) is 9.59 Å². The molecule has 2 N–H and O–H groups in total. The second-order valence-electron chi connectivity index (χ2n) is 10.3. The first-order chi connectivity index (χ1) is 17.6. The molecule has 2 aliphatic heterocycles. The summed E-state index contributed by atoms with van der Waals surface area (Å²) in [5.41, 5.74) is 1.53. The van der Waals surface area contributed by atoms with Crippen LogP contribution in [0.2, 0.25) is 0 Å². The first-order valence-electron chi connectivity index (χ1n) is 12.6. The predicted octanol–water partition coefficient (Wildman–Crippen LogP) is 2.30. The zero-order valence-corrected chi connectivity index (χ0v) is 21.7. The molecule has 0 spiro atoms. The molecule has 2 fully saturated rings. The molecule has 2 aromatic carbocycles. The van der Waals surface area contributed by atoms with Crippen molar-refractivity contribution in [1.82, 2.24) is 15.1 Å². The second kappa shape index (κ2) is 10.6.